The highest BCUT2D eigenvalue weighted by atomic mass is 16.3. The summed E-state index contributed by atoms with van der Waals surface area (Å²) in [5.41, 5.74) is 0.190. The van der Waals surface area contributed by atoms with Crippen LogP contribution < -0.4 is 10.9 Å². The third-order valence-electron chi connectivity index (χ3n) is 3.90. The molecule has 2 aromatic rings. The van der Waals surface area contributed by atoms with E-state index in [9.17, 15) is 14.7 Å². The van der Waals surface area contributed by atoms with E-state index >= 15 is 0 Å². The fourth-order valence-corrected chi connectivity index (χ4v) is 2.30. The second-order valence-corrected chi connectivity index (χ2v) is 5.23. The predicted octanol–water partition coefficient (Wildman–Crippen LogP) is 1.66. The van der Waals surface area contributed by atoms with Crippen LogP contribution in [0.25, 0.3) is 10.8 Å². The minimum atomic E-state index is -0.298. The number of rotatable bonds is 5. The summed E-state index contributed by atoms with van der Waals surface area (Å²) < 4.78 is 0. The lowest BCUT2D eigenvalue weighted by molar-refractivity contribution is 0.0893. The van der Waals surface area contributed by atoms with Crippen molar-refractivity contribution in [2.45, 2.75) is 26.3 Å². The maximum Gasteiger partial charge on any atom is 0.255 e. The van der Waals surface area contributed by atoms with Gasteiger partial charge in [-0.2, -0.15) is 0 Å². The van der Waals surface area contributed by atoms with Gasteiger partial charge in [-0.25, -0.2) is 0 Å². The minimum Gasteiger partial charge on any atom is -0.394 e. The van der Waals surface area contributed by atoms with E-state index in [0.717, 1.165) is 6.42 Å². The van der Waals surface area contributed by atoms with Crippen molar-refractivity contribution in [3.8, 4) is 0 Å². The Morgan fingerprint density at radius 1 is 1.33 bits per heavy atom. The monoisotopic (exact) mass is 288 g/mol. The summed E-state index contributed by atoms with van der Waals surface area (Å²) >= 11 is 0. The van der Waals surface area contributed by atoms with Gasteiger partial charge in [-0.1, -0.05) is 38.5 Å². The molecule has 0 radical (unpaired) electrons. The Bertz CT molecular complexity index is 693. The van der Waals surface area contributed by atoms with Gasteiger partial charge >= 0.3 is 0 Å². The molecule has 112 valence electrons. The number of aliphatic hydroxyl groups excluding tert-OH is 1. The SMILES string of the molecule is CCC(C)C(CO)NC(=O)c1c[nH]c(=O)c2ccccc12. The first-order valence-corrected chi connectivity index (χ1v) is 7.10. The summed E-state index contributed by atoms with van der Waals surface area (Å²) in [4.78, 5) is 26.8. The molecule has 2 atom stereocenters. The molecule has 0 bridgehead atoms. The number of aromatic nitrogens is 1. The van der Waals surface area contributed by atoms with Crippen molar-refractivity contribution in [1.82, 2.24) is 10.3 Å². The van der Waals surface area contributed by atoms with E-state index in [-0.39, 0.29) is 30.0 Å². The molecule has 1 amide bonds. The van der Waals surface area contributed by atoms with Crippen LogP contribution in [0.2, 0.25) is 0 Å². The number of aromatic amines is 1. The van der Waals surface area contributed by atoms with E-state index < -0.39 is 0 Å². The van der Waals surface area contributed by atoms with E-state index in [0.29, 0.717) is 16.3 Å². The third-order valence-corrected chi connectivity index (χ3v) is 3.90. The fraction of sp³-hybridized carbons (Fsp3) is 0.375. The van der Waals surface area contributed by atoms with E-state index in [4.69, 9.17) is 0 Å². The number of fused-ring (bicyclic) bond motifs is 1. The number of aliphatic hydroxyl groups is 1. The average Bonchev–Trinajstić information content (AvgIpc) is 2.52. The molecule has 1 heterocycles. The Morgan fingerprint density at radius 3 is 2.62 bits per heavy atom. The van der Waals surface area contributed by atoms with Gasteiger partial charge in [0.1, 0.15) is 0 Å². The van der Waals surface area contributed by atoms with Crippen LogP contribution >= 0.6 is 0 Å². The second kappa shape index (κ2) is 6.54. The molecule has 21 heavy (non-hydrogen) atoms. The topological polar surface area (TPSA) is 82.2 Å². The Hall–Kier alpha value is -2.14. The van der Waals surface area contributed by atoms with Crippen molar-refractivity contribution in [2.75, 3.05) is 6.61 Å². The number of amides is 1. The van der Waals surface area contributed by atoms with Gasteiger partial charge in [-0.3, -0.25) is 9.59 Å². The molecule has 0 aliphatic carbocycles. The van der Waals surface area contributed by atoms with Crippen LogP contribution in [0.1, 0.15) is 30.6 Å². The normalized spacial score (nSPS) is 13.9. The summed E-state index contributed by atoms with van der Waals surface area (Å²) in [6.45, 7) is 3.88. The van der Waals surface area contributed by atoms with Gasteiger partial charge in [-0.15, -0.1) is 0 Å². The zero-order valence-corrected chi connectivity index (χ0v) is 12.2. The molecule has 3 N–H and O–H groups in total. The average molecular weight is 288 g/mol. The van der Waals surface area contributed by atoms with Crippen LogP contribution in [0.5, 0.6) is 0 Å². The third kappa shape index (κ3) is 3.13. The molecule has 2 unspecified atom stereocenters. The lowest BCUT2D eigenvalue weighted by Crippen LogP contribution is -2.42. The molecule has 0 saturated heterocycles. The van der Waals surface area contributed by atoms with Crippen LogP contribution in [0.4, 0.5) is 0 Å². The number of hydrogen-bond acceptors (Lipinski definition) is 3. The lowest BCUT2D eigenvalue weighted by Gasteiger charge is -2.22. The van der Waals surface area contributed by atoms with Crippen LogP contribution in [0, 0.1) is 5.92 Å². The van der Waals surface area contributed by atoms with Crippen molar-refractivity contribution in [1.29, 1.82) is 0 Å². The Balaban J connectivity index is 2.36. The van der Waals surface area contributed by atoms with Crippen molar-refractivity contribution >= 4 is 16.7 Å². The van der Waals surface area contributed by atoms with E-state index in [2.05, 4.69) is 10.3 Å². The first-order chi connectivity index (χ1) is 10.1. The molecule has 0 saturated carbocycles. The lowest BCUT2D eigenvalue weighted by atomic mass is 9.99. The van der Waals surface area contributed by atoms with E-state index in [1.54, 1.807) is 24.3 Å². The molecular formula is C16H20N2O3. The second-order valence-electron chi connectivity index (χ2n) is 5.23. The largest absolute Gasteiger partial charge is 0.394 e. The van der Waals surface area contributed by atoms with Gasteiger partial charge in [0.05, 0.1) is 18.2 Å². The number of hydrogen-bond donors (Lipinski definition) is 3. The number of benzene rings is 1. The summed E-state index contributed by atoms with van der Waals surface area (Å²) in [5, 5.41) is 13.3. The molecule has 0 spiro atoms. The standard InChI is InChI=1S/C16H20N2O3/c1-3-10(2)14(9-19)18-16(21)13-8-17-15(20)12-7-5-4-6-11(12)13/h4-8,10,14,19H,3,9H2,1-2H3,(H,17,20)(H,18,21). The maximum absolute atomic E-state index is 12.4. The maximum atomic E-state index is 12.4. The fourth-order valence-electron chi connectivity index (χ4n) is 2.30. The summed E-state index contributed by atoms with van der Waals surface area (Å²) in [7, 11) is 0. The molecule has 5 nitrogen and oxygen atoms in total. The quantitative estimate of drug-likeness (QED) is 0.782. The highest BCUT2D eigenvalue weighted by molar-refractivity contribution is 6.06. The Labute approximate surface area is 123 Å². The van der Waals surface area contributed by atoms with Crippen LogP contribution in [0.15, 0.2) is 35.3 Å². The first kappa shape index (κ1) is 15.3. The van der Waals surface area contributed by atoms with Crippen LogP contribution in [0.3, 0.4) is 0 Å². The molecule has 1 aromatic carbocycles. The zero-order valence-electron chi connectivity index (χ0n) is 12.2. The van der Waals surface area contributed by atoms with Gasteiger partial charge < -0.3 is 15.4 Å². The molecule has 0 aliphatic heterocycles. The number of H-pyrrole nitrogens is 1. The molecule has 5 heteroatoms. The van der Waals surface area contributed by atoms with Crippen molar-refractivity contribution in [3.63, 3.8) is 0 Å². The van der Waals surface area contributed by atoms with Crippen LogP contribution in [-0.2, 0) is 0 Å². The summed E-state index contributed by atoms with van der Waals surface area (Å²) in [5.74, 6) is -0.116. The van der Waals surface area contributed by atoms with Crippen molar-refractivity contribution in [3.05, 3.63) is 46.4 Å². The van der Waals surface area contributed by atoms with Gasteiger partial charge in [-0.05, 0) is 12.0 Å². The molecular weight excluding hydrogens is 268 g/mol. The van der Waals surface area contributed by atoms with Gasteiger partial charge in [0.15, 0.2) is 0 Å². The smallest absolute Gasteiger partial charge is 0.255 e. The molecule has 0 fully saturated rings. The van der Waals surface area contributed by atoms with Gasteiger partial charge in [0, 0.05) is 17.0 Å². The zero-order chi connectivity index (χ0) is 15.4. The highest BCUT2D eigenvalue weighted by Crippen LogP contribution is 2.15. The Morgan fingerprint density at radius 2 is 2.00 bits per heavy atom. The number of carbonyl (C=O) groups is 1. The summed E-state index contributed by atoms with van der Waals surface area (Å²) in [6, 6.07) is 6.68. The van der Waals surface area contributed by atoms with Crippen molar-refractivity contribution < 1.29 is 9.90 Å². The number of carbonyl (C=O) groups excluding carboxylic acids is 1. The number of nitrogens with one attached hydrogen (secondary N) is 2. The highest BCUT2D eigenvalue weighted by Gasteiger charge is 2.19. The van der Waals surface area contributed by atoms with Crippen molar-refractivity contribution in [2.24, 2.45) is 5.92 Å². The molecule has 0 aliphatic rings. The van der Waals surface area contributed by atoms with Gasteiger partial charge in [0.2, 0.25) is 0 Å². The van der Waals surface area contributed by atoms with Crippen LogP contribution in [-0.4, -0.2) is 28.6 Å². The number of pyridine rings is 1. The minimum absolute atomic E-state index is 0.109. The first-order valence-electron chi connectivity index (χ1n) is 7.10. The molecule has 2 rings (SSSR count). The summed E-state index contributed by atoms with van der Waals surface area (Å²) in [6.07, 6.45) is 2.28. The predicted molar refractivity (Wildman–Crippen MR) is 82.4 cm³/mol. The Kier molecular flexibility index (Phi) is 4.75. The van der Waals surface area contributed by atoms with E-state index in [1.165, 1.54) is 6.20 Å². The van der Waals surface area contributed by atoms with E-state index in [1.807, 2.05) is 13.8 Å². The molecule has 1 aromatic heterocycles. The van der Waals surface area contributed by atoms with Gasteiger partial charge in [0.25, 0.3) is 11.5 Å².